The fourth-order valence-electron chi connectivity index (χ4n) is 2.10. The average molecular weight is 423 g/mol. The van der Waals surface area contributed by atoms with E-state index in [4.69, 9.17) is 9.47 Å². The van der Waals surface area contributed by atoms with Crippen molar-refractivity contribution in [1.29, 1.82) is 0 Å². The Bertz CT molecular complexity index is 810. The number of imide groups is 1. The predicted molar refractivity (Wildman–Crippen MR) is 104 cm³/mol. The van der Waals surface area contributed by atoms with Crippen LogP contribution < -0.4 is 4.90 Å². The van der Waals surface area contributed by atoms with Gasteiger partial charge in [0.05, 0.1) is 0 Å². The molecule has 0 atom stereocenters. The number of anilines is 1. The van der Waals surface area contributed by atoms with Crippen molar-refractivity contribution in [2.45, 2.75) is 52.7 Å². The van der Waals surface area contributed by atoms with Gasteiger partial charge in [-0.15, -0.1) is 0 Å². The first-order valence-electron chi connectivity index (χ1n) is 8.17. The third-order valence-corrected chi connectivity index (χ3v) is 3.54. The van der Waals surface area contributed by atoms with Gasteiger partial charge < -0.3 is 9.47 Å². The molecule has 0 aliphatic rings. The maximum Gasteiger partial charge on any atom is 0.425 e. The van der Waals surface area contributed by atoms with Crippen molar-refractivity contribution in [2.24, 2.45) is 0 Å². The molecule has 0 unspecified atom stereocenters. The Morgan fingerprint density at radius 1 is 0.923 bits per heavy atom. The lowest BCUT2D eigenvalue weighted by molar-refractivity contribution is 0.0429. The van der Waals surface area contributed by atoms with Crippen LogP contribution in [0.1, 0.15) is 41.5 Å². The lowest BCUT2D eigenvalue weighted by Crippen LogP contribution is -2.44. The minimum atomic E-state index is -0.839. The molecule has 2 aromatic rings. The summed E-state index contributed by atoms with van der Waals surface area (Å²) in [5.74, 6) is 0.138. The molecule has 7 heteroatoms. The average Bonchev–Trinajstić information content (AvgIpc) is 2.42. The fraction of sp³-hybridized carbons (Fsp3) is 0.421. The van der Waals surface area contributed by atoms with Crippen LogP contribution in [0.15, 0.2) is 34.9 Å². The number of aromatic nitrogens is 1. The summed E-state index contributed by atoms with van der Waals surface area (Å²) in [5.41, 5.74) is -1.53. The van der Waals surface area contributed by atoms with E-state index < -0.39 is 23.4 Å². The highest BCUT2D eigenvalue weighted by atomic mass is 79.9. The first-order chi connectivity index (χ1) is 11.9. The van der Waals surface area contributed by atoms with E-state index in [0.29, 0.717) is 0 Å². The minimum absolute atomic E-state index is 0.138. The molecule has 0 radical (unpaired) electrons. The Hall–Kier alpha value is -2.15. The van der Waals surface area contributed by atoms with E-state index in [1.807, 2.05) is 18.2 Å². The number of fused-ring (bicyclic) bond motifs is 1. The van der Waals surface area contributed by atoms with Crippen molar-refractivity contribution >= 4 is 44.7 Å². The molecule has 0 spiro atoms. The maximum atomic E-state index is 12.6. The Kier molecular flexibility index (Phi) is 5.61. The molecule has 0 fully saturated rings. The zero-order chi connectivity index (χ0) is 19.7. The molecular weight excluding hydrogens is 400 g/mol. The van der Waals surface area contributed by atoms with Crippen molar-refractivity contribution in [2.75, 3.05) is 4.90 Å². The number of benzene rings is 1. The normalized spacial score (nSPS) is 12.0. The van der Waals surface area contributed by atoms with Gasteiger partial charge in [-0.2, -0.15) is 4.90 Å². The summed E-state index contributed by atoms with van der Waals surface area (Å²) in [5, 5.41) is 1.70. The van der Waals surface area contributed by atoms with Gasteiger partial charge in [0.15, 0.2) is 0 Å². The molecule has 0 aliphatic carbocycles. The fourth-order valence-corrected chi connectivity index (χ4v) is 2.48. The summed E-state index contributed by atoms with van der Waals surface area (Å²) < 4.78 is 11.6. The van der Waals surface area contributed by atoms with Gasteiger partial charge in [-0.3, -0.25) is 0 Å². The first kappa shape index (κ1) is 20.2. The van der Waals surface area contributed by atoms with Crippen LogP contribution in [0.25, 0.3) is 10.8 Å². The van der Waals surface area contributed by atoms with Crippen LogP contribution in [0, 0.1) is 0 Å². The second kappa shape index (κ2) is 7.23. The quantitative estimate of drug-likeness (QED) is 0.591. The summed E-state index contributed by atoms with van der Waals surface area (Å²) >= 11 is 3.41. The van der Waals surface area contributed by atoms with Gasteiger partial charge >= 0.3 is 12.2 Å². The number of rotatable bonds is 1. The highest BCUT2D eigenvalue weighted by Crippen LogP contribution is 2.25. The van der Waals surface area contributed by atoms with Gasteiger partial charge in [-0.05, 0) is 65.1 Å². The second-order valence-corrected chi connectivity index (χ2v) is 8.75. The summed E-state index contributed by atoms with van der Waals surface area (Å²) in [6.45, 7) is 10.4. The highest BCUT2D eigenvalue weighted by Gasteiger charge is 2.33. The topological polar surface area (TPSA) is 68.7 Å². The third kappa shape index (κ3) is 5.42. The van der Waals surface area contributed by atoms with E-state index in [1.165, 1.54) is 0 Å². The van der Waals surface area contributed by atoms with Crippen molar-refractivity contribution in [3.8, 4) is 0 Å². The Balaban J connectivity index is 2.48. The van der Waals surface area contributed by atoms with Crippen molar-refractivity contribution in [3.63, 3.8) is 0 Å². The molecule has 140 valence electrons. The molecule has 0 saturated carbocycles. The summed E-state index contributed by atoms with van der Waals surface area (Å²) in [7, 11) is 0. The van der Waals surface area contributed by atoms with Gasteiger partial charge in [0.1, 0.15) is 17.0 Å². The molecule has 0 bridgehead atoms. The molecule has 0 saturated heterocycles. The van der Waals surface area contributed by atoms with Crippen LogP contribution in [-0.4, -0.2) is 28.4 Å². The summed E-state index contributed by atoms with van der Waals surface area (Å²) in [6, 6.07) is 7.31. The molecule has 0 N–H and O–H groups in total. The molecule has 1 aromatic carbocycles. The van der Waals surface area contributed by atoms with E-state index in [9.17, 15) is 9.59 Å². The van der Waals surface area contributed by atoms with E-state index in [0.717, 1.165) is 20.1 Å². The Morgan fingerprint density at radius 2 is 1.46 bits per heavy atom. The van der Waals surface area contributed by atoms with Crippen molar-refractivity contribution in [1.82, 2.24) is 4.98 Å². The van der Waals surface area contributed by atoms with Crippen LogP contribution in [0.4, 0.5) is 15.4 Å². The maximum absolute atomic E-state index is 12.6. The Morgan fingerprint density at radius 3 is 1.96 bits per heavy atom. The van der Waals surface area contributed by atoms with E-state index in [2.05, 4.69) is 20.9 Å². The number of halogens is 1. The van der Waals surface area contributed by atoms with Crippen LogP contribution >= 0.6 is 15.9 Å². The third-order valence-electron chi connectivity index (χ3n) is 3.05. The number of hydrogen-bond donors (Lipinski definition) is 0. The zero-order valence-electron chi connectivity index (χ0n) is 15.8. The van der Waals surface area contributed by atoms with Crippen LogP contribution in [0.3, 0.4) is 0 Å². The zero-order valence-corrected chi connectivity index (χ0v) is 17.4. The first-order valence-corrected chi connectivity index (χ1v) is 8.96. The molecule has 0 aliphatic heterocycles. The number of nitrogens with zero attached hydrogens (tertiary/aromatic N) is 2. The lowest BCUT2D eigenvalue weighted by atomic mass is 10.2. The van der Waals surface area contributed by atoms with Gasteiger partial charge in [0, 0.05) is 16.1 Å². The van der Waals surface area contributed by atoms with E-state index in [-0.39, 0.29) is 5.82 Å². The van der Waals surface area contributed by atoms with Crippen molar-refractivity contribution in [3.05, 3.63) is 34.9 Å². The predicted octanol–water partition coefficient (Wildman–Crippen LogP) is 5.67. The number of hydrogen-bond acceptors (Lipinski definition) is 5. The van der Waals surface area contributed by atoms with Crippen LogP contribution in [0.5, 0.6) is 0 Å². The monoisotopic (exact) mass is 422 g/mol. The number of ether oxygens (including phenoxy) is 2. The molecule has 6 nitrogen and oxygen atoms in total. The van der Waals surface area contributed by atoms with Crippen LogP contribution in [0.2, 0.25) is 0 Å². The van der Waals surface area contributed by atoms with Crippen molar-refractivity contribution < 1.29 is 19.1 Å². The SMILES string of the molecule is CC(C)(C)OC(=O)N(C(=O)OC(C)(C)C)c1cc2cc(Br)ccc2cn1. The number of carbonyl (C=O) groups is 2. The van der Waals surface area contributed by atoms with Gasteiger partial charge in [0.25, 0.3) is 0 Å². The number of pyridine rings is 1. The Labute approximate surface area is 161 Å². The van der Waals surface area contributed by atoms with Gasteiger partial charge in [0.2, 0.25) is 0 Å². The largest absolute Gasteiger partial charge is 0.443 e. The van der Waals surface area contributed by atoms with Gasteiger partial charge in [-0.25, -0.2) is 14.6 Å². The highest BCUT2D eigenvalue weighted by molar-refractivity contribution is 9.10. The molecule has 1 heterocycles. The number of amides is 2. The van der Waals surface area contributed by atoms with Gasteiger partial charge in [-0.1, -0.05) is 22.0 Å². The van der Waals surface area contributed by atoms with E-state index in [1.54, 1.807) is 53.8 Å². The minimum Gasteiger partial charge on any atom is -0.443 e. The molecule has 2 rings (SSSR count). The lowest BCUT2D eigenvalue weighted by Gasteiger charge is -2.28. The standard InChI is InChI=1S/C19H23BrN2O4/c1-18(2,3)25-16(23)22(17(24)26-19(4,5)6)15-10-13-9-14(20)8-7-12(13)11-21-15/h7-11H,1-6H3. The number of carbonyl (C=O) groups excluding carboxylic acids is 2. The smallest absolute Gasteiger partial charge is 0.425 e. The molecular formula is C19H23BrN2O4. The van der Waals surface area contributed by atoms with Crippen LogP contribution in [-0.2, 0) is 9.47 Å². The molecule has 26 heavy (non-hydrogen) atoms. The summed E-state index contributed by atoms with van der Waals surface area (Å²) in [6.07, 6.45) is -0.0824. The summed E-state index contributed by atoms with van der Waals surface area (Å²) in [4.78, 5) is 30.4. The second-order valence-electron chi connectivity index (χ2n) is 7.83. The molecule has 1 aromatic heterocycles. The molecule has 2 amide bonds. The van der Waals surface area contributed by atoms with E-state index >= 15 is 0 Å².